The number of hydrogen-bond acceptors (Lipinski definition) is 7. The number of ether oxygens (including phenoxy) is 4. The van der Waals surface area contributed by atoms with Gasteiger partial charge >= 0.3 is 5.97 Å². The molecule has 0 radical (unpaired) electrons. The van der Waals surface area contributed by atoms with Crippen molar-refractivity contribution in [2.24, 2.45) is 5.41 Å². The topological polar surface area (TPSA) is 72.5 Å². The summed E-state index contributed by atoms with van der Waals surface area (Å²) >= 11 is 0. The summed E-state index contributed by atoms with van der Waals surface area (Å²) in [6.07, 6.45) is 2.40. The van der Waals surface area contributed by atoms with Gasteiger partial charge in [-0.1, -0.05) is 95.2 Å². The standard InChI is InChI=1S/C42H78O7Si2/c1-29(2)50(30(3)4,31(5)6)47-26-25-42(16)39(45-27-35-21-23-36(44-17)24-22-35)20-18-19-37(38(48-42)28-46-40(43)41(13,14)15)49-51(32(7)8,33(9)10)34(11)12/h21-24,29-34,37-39H,18-20,25-28H2,1-17H3/t37-,38-,39-,42+/m1/s1. The highest BCUT2D eigenvalue weighted by molar-refractivity contribution is 6.78. The van der Waals surface area contributed by atoms with Crippen molar-refractivity contribution >= 4 is 22.6 Å². The van der Waals surface area contributed by atoms with Crippen LogP contribution in [-0.2, 0) is 34.5 Å². The van der Waals surface area contributed by atoms with E-state index in [9.17, 15) is 4.79 Å². The SMILES string of the molecule is COc1ccc(CO[C@@H]2CCC[C@@H](O[Si](C(C)C)(C(C)C)C(C)C)[C@@H](COC(=O)C(C)(C)C)O[C@@]2(C)CCO[Si](C(C)C)(C(C)C)C(C)C)cc1. The second-order valence-corrected chi connectivity index (χ2v) is 29.2. The number of carbonyl (C=O) groups is 1. The van der Waals surface area contributed by atoms with E-state index in [1.165, 1.54) is 0 Å². The minimum atomic E-state index is -2.29. The van der Waals surface area contributed by atoms with Crippen LogP contribution in [0.15, 0.2) is 24.3 Å². The zero-order valence-corrected chi connectivity index (χ0v) is 37.8. The maximum atomic E-state index is 13.2. The highest BCUT2D eigenvalue weighted by Gasteiger charge is 2.51. The van der Waals surface area contributed by atoms with Crippen molar-refractivity contribution in [3.05, 3.63) is 29.8 Å². The summed E-state index contributed by atoms with van der Waals surface area (Å²) in [5, 5.41) is 0. The van der Waals surface area contributed by atoms with E-state index in [0.717, 1.165) is 30.6 Å². The molecule has 1 aliphatic heterocycles. The highest BCUT2D eigenvalue weighted by Crippen LogP contribution is 2.46. The Balaban J connectivity index is 2.61. The van der Waals surface area contributed by atoms with Gasteiger partial charge in [-0.05, 0) is 97.9 Å². The largest absolute Gasteiger partial charge is 0.497 e. The van der Waals surface area contributed by atoms with E-state index in [0.29, 0.717) is 52.9 Å². The van der Waals surface area contributed by atoms with Crippen molar-refractivity contribution in [3.63, 3.8) is 0 Å². The van der Waals surface area contributed by atoms with E-state index in [1.807, 2.05) is 32.9 Å². The fourth-order valence-corrected chi connectivity index (χ4v) is 20.2. The molecule has 0 amide bonds. The van der Waals surface area contributed by atoms with Crippen molar-refractivity contribution in [2.75, 3.05) is 20.3 Å². The van der Waals surface area contributed by atoms with Gasteiger partial charge in [0, 0.05) is 13.0 Å². The molecule has 1 heterocycles. The van der Waals surface area contributed by atoms with Crippen molar-refractivity contribution < 1.29 is 32.6 Å². The van der Waals surface area contributed by atoms with Crippen LogP contribution in [0.4, 0.5) is 0 Å². The second kappa shape index (κ2) is 19.4. The van der Waals surface area contributed by atoms with Crippen LogP contribution < -0.4 is 4.74 Å². The van der Waals surface area contributed by atoms with Gasteiger partial charge < -0.3 is 27.8 Å². The third-order valence-corrected chi connectivity index (χ3v) is 24.0. The Labute approximate surface area is 315 Å². The molecule has 2 rings (SSSR count). The zero-order valence-electron chi connectivity index (χ0n) is 35.8. The number of methoxy groups -OCH3 is 1. The van der Waals surface area contributed by atoms with Gasteiger partial charge in [-0.3, -0.25) is 4.79 Å². The van der Waals surface area contributed by atoms with E-state index < -0.39 is 33.8 Å². The molecule has 1 aliphatic rings. The second-order valence-electron chi connectivity index (χ2n) is 18.3. The predicted molar refractivity (Wildman–Crippen MR) is 217 cm³/mol. The highest BCUT2D eigenvalue weighted by atomic mass is 28.4. The predicted octanol–water partition coefficient (Wildman–Crippen LogP) is 11.6. The van der Waals surface area contributed by atoms with Crippen molar-refractivity contribution in [3.8, 4) is 5.75 Å². The molecule has 4 atom stereocenters. The summed E-state index contributed by atoms with van der Waals surface area (Å²) in [7, 11) is -2.72. The molecular weight excluding hydrogens is 673 g/mol. The van der Waals surface area contributed by atoms with Crippen molar-refractivity contribution in [1.29, 1.82) is 0 Å². The molecule has 1 aromatic carbocycles. The van der Waals surface area contributed by atoms with E-state index in [-0.39, 0.29) is 24.8 Å². The van der Waals surface area contributed by atoms with E-state index in [4.69, 9.17) is 27.8 Å². The van der Waals surface area contributed by atoms with Gasteiger partial charge in [-0.2, -0.15) is 0 Å². The molecule has 51 heavy (non-hydrogen) atoms. The van der Waals surface area contributed by atoms with Crippen LogP contribution in [0.3, 0.4) is 0 Å². The third-order valence-electron chi connectivity index (χ3n) is 11.8. The maximum Gasteiger partial charge on any atom is 0.311 e. The Kier molecular flexibility index (Phi) is 17.5. The first-order valence-electron chi connectivity index (χ1n) is 20.0. The molecule has 1 aromatic rings. The number of esters is 1. The van der Waals surface area contributed by atoms with Crippen LogP contribution in [0.5, 0.6) is 5.75 Å². The molecule has 0 aromatic heterocycles. The molecule has 0 spiro atoms. The van der Waals surface area contributed by atoms with Crippen LogP contribution in [0.1, 0.15) is 142 Å². The molecule has 0 N–H and O–H groups in total. The van der Waals surface area contributed by atoms with Gasteiger partial charge in [0.15, 0.2) is 8.32 Å². The smallest absolute Gasteiger partial charge is 0.311 e. The third kappa shape index (κ3) is 11.4. The quantitative estimate of drug-likeness (QED) is 0.109. The lowest BCUT2D eigenvalue weighted by Gasteiger charge is -2.49. The van der Waals surface area contributed by atoms with E-state index in [1.54, 1.807) is 7.11 Å². The molecule has 0 unspecified atom stereocenters. The normalized spacial score (nSPS) is 22.7. The van der Waals surface area contributed by atoms with Crippen molar-refractivity contribution in [2.45, 2.75) is 200 Å². The van der Waals surface area contributed by atoms with Gasteiger partial charge in [0.2, 0.25) is 8.32 Å². The van der Waals surface area contributed by atoms with Crippen LogP contribution in [0.25, 0.3) is 0 Å². The molecule has 0 aliphatic carbocycles. The molecule has 0 bridgehead atoms. The van der Waals surface area contributed by atoms with Crippen molar-refractivity contribution in [1.82, 2.24) is 0 Å². The maximum absolute atomic E-state index is 13.2. The summed E-state index contributed by atoms with van der Waals surface area (Å²) < 4.78 is 40.4. The Hall–Kier alpha value is -1.24. The average Bonchev–Trinajstić information content (AvgIpc) is 3.02. The van der Waals surface area contributed by atoms with Crippen LogP contribution in [0, 0.1) is 5.41 Å². The summed E-state index contributed by atoms with van der Waals surface area (Å²) in [5.74, 6) is 0.594. The minimum absolute atomic E-state index is 0.143. The van der Waals surface area contributed by atoms with Crippen LogP contribution in [-0.4, -0.2) is 66.8 Å². The Morgan fingerprint density at radius 1 is 0.824 bits per heavy atom. The van der Waals surface area contributed by atoms with E-state index >= 15 is 0 Å². The monoisotopic (exact) mass is 751 g/mol. The summed E-state index contributed by atoms with van der Waals surface area (Å²) in [5.41, 5.74) is 2.45. The summed E-state index contributed by atoms with van der Waals surface area (Å²) in [4.78, 5) is 13.2. The van der Waals surface area contributed by atoms with Gasteiger partial charge in [-0.15, -0.1) is 0 Å². The van der Waals surface area contributed by atoms with Gasteiger partial charge in [0.05, 0.1) is 36.9 Å². The zero-order chi connectivity index (χ0) is 38.9. The van der Waals surface area contributed by atoms with Gasteiger partial charge in [-0.25, -0.2) is 0 Å². The average molecular weight is 751 g/mol. The lowest BCUT2D eigenvalue weighted by atomic mass is 9.88. The fourth-order valence-electron chi connectivity index (χ4n) is 9.14. The molecule has 296 valence electrons. The Bertz CT molecular complexity index is 1130. The van der Waals surface area contributed by atoms with Gasteiger partial charge in [0.1, 0.15) is 18.5 Å². The van der Waals surface area contributed by atoms with Crippen LogP contribution >= 0.6 is 0 Å². The number of hydrogen-bond donors (Lipinski definition) is 0. The molecule has 9 heteroatoms. The first kappa shape index (κ1) is 45.9. The number of rotatable bonds is 18. The summed E-state index contributed by atoms with van der Waals surface area (Å²) in [6.45, 7) is 37.0. The fraction of sp³-hybridized carbons (Fsp3) is 0.833. The summed E-state index contributed by atoms with van der Waals surface area (Å²) in [6, 6.07) is 8.07. The first-order chi connectivity index (χ1) is 23.6. The van der Waals surface area contributed by atoms with Crippen LogP contribution in [0.2, 0.25) is 33.2 Å². The van der Waals surface area contributed by atoms with E-state index in [2.05, 4.69) is 102 Å². The number of carbonyl (C=O) groups excluding carboxylic acids is 1. The van der Waals surface area contributed by atoms with Gasteiger partial charge in [0.25, 0.3) is 0 Å². The Morgan fingerprint density at radius 3 is 1.78 bits per heavy atom. The molecular formula is C42H78O7Si2. The minimum Gasteiger partial charge on any atom is -0.497 e. The number of benzene rings is 1. The lowest BCUT2D eigenvalue weighted by Crippen LogP contribution is -2.57. The molecule has 7 nitrogen and oxygen atoms in total. The Morgan fingerprint density at radius 2 is 1.33 bits per heavy atom. The first-order valence-corrected chi connectivity index (χ1v) is 24.3. The molecule has 1 fully saturated rings. The molecule has 1 saturated heterocycles. The lowest BCUT2D eigenvalue weighted by molar-refractivity contribution is -0.216. The molecule has 0 saturated carbocycles.